The zero-order chi connectivity index (χ0) is 13.9. The standard InChI is InChI=1S/C14H15NO5/c16-13(12-8-18-5-6-20-12)9-1-2-11-10(7-9)14(17)15-3-4-19-11/h1-2,7,12H,3-6,8H2,(H,15,17). The first-order valence-corrected chi connectivity index (χ1v) is 6.54. The molecule has 2 aliphatic heterocycles. The molecule has 1 amide bonds. The van der Waals surface area contributed by atoms with E-state index in [9.17, 15) is 9.59 Å². The third-order valence-electron chi connectivity index (χ3n) is 3.26. The van der Waals surface area contributed by atoms with E-state index < -0.39 is 6.10 Å². The van der Waals surface area contributed by atoms with Crippen LogP contribution in [0.3, 0.4) is 0 Å². The van der Waals surface area contributed by atoms with Crippen molar-refractivity contribution >= 4 is 11.7 Å². The highest BCUT2D eigenvalue weighted by atomic mass is 16.6. The fourth-order valence-electron chi connectivity index (χ4n) is 2.23. The van der Waals surface area contributed by atoms with Crippen LogP contribution in [-0.4, -0.2) is 50.8 Å². The number of benzene rings is 1. The van der Waals surface area contributed by atoms with Crippen LogP contribution in [-0.2, 0) is 9.47 Å². The molecule has 6 heteroatoms. The lowest BCUT2D eigenvalue weighted by molar-refractivity contribution is -0.0719. The third kappa shape index (κ3) is 2.52. The summed E-state index contributed by atoms with van der Waals surface area (Å²) in [5.74, 6) is 0.0925. The Balaban J connectivity index is 1.87. The Morgan fingerprint density at radius 2 is 2.15 bits per heavy atom. The molecule has 2 heterocycles. The molecule has 0 bridgehead atoms. The van der Waals surface area contributed by atoms with Gasteiger partial charge in [0.05, 0.1) is 31.9 Å². The zero-order valence-corrected chi connectivity index (χ0v) is 10.9. The van der Waals surface area contributed by atoms with Crippen molar-refractivity contribution in [1.29, 1.82) is 0 Å². The molecule has 2 aliphatic rings. The number of ketones is 1. The van der Waals surface area contributed by atoms with E-state index in [4.69, 9.17) is 14.2 Å². The van der Waals surface area contributed by atoms with Crippen LogP contribution in [0.4, 0.5) is 0 Å². The topological polar surface area (TPSA) is 73.9 Å². The summed E-state index contributed by atoms with van der Waals surface area (Å²) in [4.78, 5) is 24.2. The second-order valence-electron chi connectivity index (χ2n) is 4.61. The van der Waals surface area contributed by atoms with Gasteiger partial charge in [0.2, 0.25) is 0 Å². The minimum Gasteiger partial charge on any atom is -0.491 e. The number of ether oxygens (including phenoxy) is 3. The molecule has 1 fully saturated rings. The summed E-state index contributed by atoms with van der Waals surface area (Å²) in [7, 11) is 0. The van der Waals surface area contributed by atoms with E-state index >= 15 is 0 Å². The van der Waals surface area contributed by atoms with E-state index in [2.05, 4.69) is 5.32 Å². The SMILES string of the molecule is O=C1NCCOc2ccc(C(=O)C3COCCO3)cc21. The number of nitrogens with one attached hydrogen (secondary N) is 1. The Bertz CT molecular complexity index is 536. The summed E-state index contributed by atoms with van der Waals surface area (Å²) >= 11 is 0. The Kier molecular flexibility index (Phi) is 3.66. The van der Waals surface area contributed by atoms with E-state index in [0.717, 1.165) is 0 Å². The van der Waals surface area contributed by atoms with Gasteiger partial charge in [-0.3, -0.25) is 9.59 Å². The molecule has 1 N–H and O–H groups in total. The molecular weight excluding hydrogens is 262 g/mol. The first kappa shape index (κ1) is 13.1. The van der Waals surface area contributed by atoms with Gasteiger partial charge in [0.25, 0.3) is 5.91 Å². The first-order valence-electron chi connectivity index (χ1n) is 6.54. The molecular formula is C14H15NO5. The van der Waals surface area contributed by atoms with Crippen molar-refractivity contribution in [3.63, 3.8) is 0 Å². The van der Waals surface area contributed by atoms with E-state index in [1.54, 1.807) is 18.2 Å². The maximum atomic E-state index is 12.3. The molecule has 0 aromatic heterocycles. The quantitative estimate of drug-likeness (QED) is 0.792. The lowest BCUT2D eigenvalue weighted by Gasteiger charge is -2.22. The van der Waals surface area contributed by atoms with Gasteiger partial charge in [0, 0.05) is 5.56 Å². The van der Waals surface area contributed by atoms with Crippen LogP contribution >= 0.6 is 0 Å². The van der Waals surface area contributed by atoms with E-state index in [-0.39, 0.29) is 18.3 Å². The van der Waals surface area contributed by atoms with Crippen LogP contribution in [0.1, 0.15) is 20.7 Å². The Labute approximate surface area is 116 Å². The molecule has 0 spiro atoms. The second-order valence-corrected chi connectivity index (χ2v) is 4.61. The van der Waals surface area contributed by atoms with Crippen molar-refractivity contribution in [3.8, 4) is 5.75 Å². The predicted molar refractivity (Wildman–Crippen MR) is 69.2 cm³/mol. The second kappa shape index (κ2) is 5.60. The molecule has 1 saturated heterocycles. The highest BCUT2D eigenvalue weighted by Gasteiger charge is 2.26. The molecule has 6 nitrogen and oxygen atoms in total. The van der Waals surface area contributed by atoms with Gasteiger partial charge in [0.1, 0.15) is 18.5 Å². The normalized spacial score (nSPS) is 22.2. The predicted octanol–water partition coefficient (Wildman–Crippen LogP) is 0.407. The summed E-state index contributed by atoms with van der Waals surface area (Å²) < 4.78 is 16.1. The van der Waals surface area contributed by atoms with Crippen LogP contribution in [0, 0.1) is 0 Å². The number of carbonyl (C=O) groups excluding carboxylic acids is 2. The van der Waals surface area contributed by atoms with Gasteiger partial charge < -0.3 is 19.5 Å². The highest BCUT2D eigenvalue weighted by molar-refractivity contribution is 6.04. The fourth-order valence-corrected chi connectivity index (χ4v) is 2.23. The van der Waals surface area contributed by atoms with Crippen molar-refractivity contribution in [2.24, 2.45) is 0 Å². The van der Waals surface area contributed by atoms with Crippen molar-refractivity contribution < 1.29 is 23.8 Å². The van der Waals surface area contributed by atoms with Crippen LogP contribution in [0.15, 0.2) is 18.2 Å². The molecule has 1 aromatic rings. The van der Waals surface area contributed by atoms with Crippen molar-refractivity contribution in [1.82, 2.24) is 5.32 Å². The number of carbonyl (C=O) groups is 2. The highest BCUT2D eigenvalue weighted by Crippen LogP contribution is 2.23. The molecule has 0 aliphatic carbocycles. The average molecular weight is 277 g/mol. The van der Waals surface area contributed by atoms with Gasteiger partial charge in [-0.15, -0.1) is 0 Å². The summed E-state index contributed by atoms with van der Waals surface area (Å²) in [6.45, 7) is 2.04. The largest absolute Gasteiger partial charge is 0.491 e. The van der Waals surface area contributed by atoms with E-state index in [0.29, 0.717) is 43.2 Å². The van der Waals surface area contributed by atoms with Crippen LogP contribution < -0.4 is 10.1 Å². The van der Waals surface area contributed by atoms with Crippen LogP contribution in [0.2, 0.25) is 0 Å². The van der Waals surface area contributed by atoms with Crippen LogP contribution in [0.25, 0.3) is 0 Å². The molecule has 1 unspecified atom stereocenters. The van der Waals surface area contributed by atoms with E-state index in [1.807, 2.05) is 0 Å². The average Bonchev–Trinajstić information content (AvgIpc) is 2.69. The minimum atomic E-state index is -0.600. The Hall–Kier alpha value is -1.92. The smallest absolute Gasteiger partial charge is 0.255 e. The molecule has 0 saturated carbocycles. The van der Waals surface area contributed by atoms with Gasteiger partial charge in [-0.2, -0.15) is 0 Å². The lowest BCUT2D eigenvalue weighted by Crippen LogP contribution is -2.35. The maximum Gasteiger partial charge on any atom is 0.255 e. The fraction of sp³-hybridized carbons (Fsp3) is 0.429. The number of fused-ring (bicyclic) bond motifs is 1. The number of hydrogen-bond acceptors (Lipinski definition) is 5. The summed E-state index contributed by atoms with van der Waals surface area (Å²) in [5, 5.41) is 2.72. The van der Waals surface area contributed by atoms with Gasteiger partial charge in [-0.25, -0.2) is 0 Å². The Morgan fingerprint density at radius 1 is 1.25 bits per heavy atom. The molecule has 3 rings (SSSR count). The number of amides is 1. The monoisotopic (exact) mass is 277 g/mol. The Morgan fingerprint density at radius 3 is 2.95 bits per heavy atom. The molecule has 1 atom stereocenters. The van der Waals surface area contributed by atoms with Gasteiger partial charge in [-0.1, -0.05) is 0 Å². The molecule has 1 aromatic carbocycles. The number of rotatable bonds is 2. The zero-order valence-electron chi connectivity index (χ0n) is 10.9. The maximum absolute atomic E-state index is 12.3. The summed E-state index contributed by atoms with van der Waals surface area (Å²) in [6.07, 6.45) is -0.600. The van der Waals surface area contributed by atoms with Crippen molar-refractivity contribution in [2.45, 2.75) is 6.10 Å². The van der Waals surface area contributed by atoms with Crippen molar-refractivity contribution in [3.05, 3.63) is 29.3 Å². The number of hydrogen-bond donors (Lipinski definition) is 1. The van der Waals surface area contributed by atoms with Gasteiger partial charge >= 0.3 is 0 Å². The minimum absolute atomic E-state index is 0.176. The van der Waals surface area contributed by atoms with E-state index in [1.165, 1.54) is 0 Å². The molecule has 0 radical (unpaired) electrons. The summed E-state index contributed by atoms with van der Waals surface area (Å²) in [5.41, 5.74) is 0.810. The van der Waals surface area contributed by atoms with Crippen LogP contribution in [0.5, 0.6) is 5.75 Å². The third-order valence-corrected chi connectivity index (χ3v) is 3.26. The molecule has 20 heavy (non-hydrogen) atoms. The van der Waals surface area contributed by atoms with Gasteiger partial charge in [0.15, 0.2) is 5.78 Å². The number of Topliss-reactive ketones (excluding diaryl/α,β-unsaturated/α-hetero) is 1. The van der Waals surface area contributed by atoms with Gasteiger partial charge in [-0.05, 0) is 18.2 Å². The summed E-state index contributed by atoms with van der Waals surface area (Å²) in [6, 6.07) is 4.85. The molecule has 106 valence electrons. The van der Waals surface area contributed by atoms with Crippen molar-refractivity contribution in [2.75, 3.05) is 33.0 Å². The lowest BCUT2D eigenvalue weighted by atomic mass is 10.0. The first-order chi connectivity index (χ1) is 9.75.